The minimum absolute atomic E-state index is 0.116. The van der Waals surface area contributed by atoms with Crippen LogP contribution in [0.15, 0.2) is 42.6 Å². The van der Waals surface area contributed by atoms with Crippen LogP contribution in [0, 0.1) is 0 Å². The molecule has 2 atom stereocenters. The molecule has 186 valence electrons. The van der Waals surface area contributed by atoms with E-state index in [-0.39, 0.29) is 11.9 Å². The number of fused-ring (bicyclic) bond motifs is 1. The number of ketones is 1. The topological polar surface area (TPSA) is 83.8 Å². The SMILES string of the molecule is CN1CCCCC1CCNCC(=O)c1ccc(-c2cnc3ccc(NCC4CCCO4)nn23)cc1. The molecule has 0 bridgehead atoms. The smallest absolute Gasteiger partial charge is 0.176 e. The maximum absolute atomic E-state index is 12.7. The number of likely N-dealkylation sites (tertiary alicyclic amines) is 1. The van der Waals surface area contributed by atoms with E-state index in [1.807, 2.05) is 47.1 Å². The summed E-state index contributed by atoms with van der Waals surface area (Å²) >= 11 is 0. The van der Waals surface area contributed by atoms with E-state index in [0.717, 1.165) is 67.2 Å². The summed E-state index contributed by atoms with van der Waals surface area (Å²) in [4.78, 5) is 19.6. The molecule has 0 saturated carbocycles. The number of rotatable bonds is 10. The third kappa shape index (κ3) is 5.89. The Morgan fingerprint density at radius 3 is 2.80 bits per heavy atom. The number of nitrogens with zero attached hydrogens (tertiary/aromatic N) is 4. The molecule has 0 aliphatic carbocycles. The van der Waals surface area contributed by atoms with Gasteiger partial charge >= 0.3 is 0 Å². The van der Waals surface area contributed by atoms with Gasteiger partial charge in [-0.05, 0) is 64.4 Å². The minimum atomic E-state index is 0.116. The van der Waals surface area contributed by atoms with Crippen molar-refractivity contribution >= 4 is 17.2 Å². The summed E-state index contributed by atoms with van der Waals surface area (Å²) in [6.45, 7) is 4.02. The third-order valence-electron chi connectivity index (χ3n) is 7.26. The highest BCUT2D eigenvalue weighted by molar-refractivity contribution is 5.98. The molecule has 2 aromatic heterocycles. The number of carbonyl (C=O) groups is 1. The maximum Gasteiger partial charge on any atom is 0.176 e. The molecule has 2 saturated heterocycles. The van der Waals surface area contributed by atoms with E-state index >= 15 is 0 Å². The molecule has 2 N–H and O–H groups in total. The largest absolute Gasteiger partial charge is 0.376 e. The molecule has 1 aromatic carbocycles. The fourth-order valence-electron chi connectivity index (χ4n) is 5.10. The van der Waals surface area contributed by atoms with E-state index < -0.39 is 0 Å². The summed E-state index contributed by atoms with van der Waals surface area (Å²) in [5, 5.41) is 11.5. The van der Waals surface area contributed by atoms with Crippen molar-refractivity contribution in [2.75, 3.05) is 45.2 Å². The van der Waals surface area contributed by atoms with Gasteiger partial charge in [0.05, 0.1) is 24.5 Å². The second-order valence-corrected chi connectivity index (χ2v) is 9.74. The Labute approximate surface area is 207 Å². The number of piperidine rings is 1. The predicted molar refractivity (Wildman–Crippen MR) is 138 cm³/mol. The zero-order valence-electron chi connectivity index (χ0n) is 20.6. The number of imidazole rings is 1. The van der Waals surface area contributed by atoms with E-state index in [4.69, 9.17) is 9.84 Å². The summed E-state index contributed by atoms with van der Waals surface area (Å²) in [6.07, 6.45) is 9.26. The number of aromatic nitrogens is 3. The number of hydrogen-bond donors (Lipinski definition) is 2. The Kier molecular flexibility index (Phi) is 7.71. The Morgan fingerprint density at radius 2 is 2.00 bits per heavy atom. The highest BCUT2D eigenvalue weighted by Gasteiger charge is 2.18. The van der Waals surface area contributed by atoms with Gasteiger partial charge in [0.15, 0.2) is 11.4 Å². The van der Waals surface area contributed by atoms with Gasteiger partial charge in [-0.15, -0.1) is 5.10 Å². The van der Waals surface area contributed by atoms with Gasteiger partial charge in [0.1, 0.15) is 5.82 Å². The predicted octanol–water partition coefficient (Wildman–Crippen LogP) is 3.63. The molecule has 8 nitrogen and oxygen atoms in total. The lowest BCUT2D eigenvalue weighted by Gasteiger charge is -2.32. The number of ether oxygens (including phenoxy) is 1. The first kappa shape index (κ1) is 23.9. The molecular formula is C27H36N6O2. The number of carbonyl (C=O) groups excluding carboxylic acids is 1. The molecule has 4 heterocycles. The summed E-state index contributed by atoms with van der Waals surface area (Å²) in [5.74, 6) is 0.912. The molecule has 3 aromatic rings. The third-order valence-corrected chi connectivity index (χ3v) is 7.26. The van der Waals surface area contributed by atoms with Crippen LogP contribution < -0.4 is 10.6 Å². The van der Waals surface area contributed by atoms with Crippen molar-refractivity contribution in [3.63, 3.8) is 0 Å². The van der Waals surface area contributed by atoms with E-state index in [9.17, 15) is 4.79 Å². The van der Waals surface area contributed by atoms with Crippen LogP contribution in [0.5, 0.6) is 0 Å². The normalized spacial score (nSPS) is 20.9. The van der Waals surface area contributed by atoms with Gasteiger partial charge in [0.2, 0.25) is 0 Å². The molecule has 0 spiro atoms. The van der Waals surface area contributed by atoms with Gasteiger partial charge in [-0.3, -0.25) is 4.79 Å². The number of anilines is 1. The molecule has 0 amide bonds. The first-order chi connectivity index (χ1) is 17.2. The van der Waals surface area contributed by atoms with Gasteiger partial charge in [-0.2, -0.15) is 0 Å². The van der Waals surface area contributed by atoms with Crippen LogP contribution in [0.3, 0.4) is 0 Å². The summed E-state index contributed by atoms with van der Waals surface area (Å²) in [6, 6.07) is 12.3. The van der Waals surface area contributed by atoms with E-state index in [2.05, 4.69) is 27.6 Å². The van der Waals surface area contributed by atoms with Crippen LogP contribution in [-0.2, 0) is 4.74 Å². The minimum Gasteiger partial charge on any atom is -0.376 e. The van der Waals surface area contributed by atoms with Crippen molar-refractivity contribution in [3.8, 4) is 11.3 Å². The Hall–Kier alpha value is -2.81. The average Bonchev–Trinajstić information content (AvgIpc) is 3.56. The molecule has 2 aliphatic rings. The number of hydrogen-bond acceptors (Lipinski definition) is 7. The van der Waals surface area contributed by atoms with Crippen LogP contribution in [0.1, 0.15) is 48.9 Å². The highest BCUT2D eigenvalue weighted by atomic mass is 16.5. The molecular weight excluding hydrogens is 440 g/mol. The quantitative estimate of drug-likeness (QED) is 0.341. The lowest BCUT2D eigenvalue weighted by molar-refractivity contribution is 0.0989. The number of Topliss-reactive ketones (excluding diaryl/α,β-unsaturated/α-hetero) is 1. The molecule has 2 fully saturated rings. The van der Waals surface area contributed by atoms with Gasteiger partial charge < -0.3 is 20.3 Å². The zero-order valence-corrected chi connectivity index (χ0v) is 20.6. The number of benzene rings is 1. The van der Waals surface area contributed by atoms with Gasteiger partial charge in [-0.25, -0.2) is 9.50 Å². The van der Waals surface area contributed by atoms with Crippen molar-refractivity contribution in [3.05, 3.63) is 48.2 Å². The second kappa shape index (κ2) is 11.3. The van der Waals surface area contributed by atoms with Crippen LogP contribution in [0.25, 0.3) is 16.9 Å². The zero-order chi connectivity index (χ0) is 24.0. The lowest BCUT2D eigenvalue weighted by Crippen LogP contribution is -2.38. The Bertz CT molecular complexity index is 1120. The number of nitrogens with one attached hydrogen (secondary N) is 2. The van der Waals surface area contributed by atoms with Gasteiger partial charge in [-0.1, -0.05) is 30.7 Å². The molecule has 8 heteroatoms. The van der Waals surface area contributed by atoms with E-state index in [0.29, 0.717) is 12.6 Å². The van der Waals surface area contributed by atoms with Crippen LogP contribution in [-0.4, -0.2) is 77.3 Å². The van der Waals surface area contributed by atoms with Gasteiger partial charge in [0, 0.05) is 30.3 Å². The van der Waals surface area contributed by atoms with Crippen molar-refractivity contribution in [2.45, 2.75) is 50.7 Å². The van der Waals surface area contributed by atoms with Crippen molar-refractivity contribution in [1.82, 2.24) is 24.8 Å². The summed E-state index contributed by atoms with van der Waals surface area (Å²) in [7, 11) is 2.21. The first-order valence-electron chi connectivity index (χ1n) is 12.9. The van der Waals surface area contributed by atoms with Crippen LogP contribution >= 0.6 is 0 Å². The molecule has 2 unspecified atom stereocenters. The van der Waals surface area contributed by atoms with E-state index in [1.54, 1.807) is 0 Å². The fraction of sp³-hybridized carbons (Fsp3) is 0.519. The van der Waals surface area contributed by atoms with Crippen LogP contribution in [0.2, 0.25) is 0 Å². The monoisotopic (exact) mass is 476 g/mol. The highest BCUT2D eigenvalue weighted by Crippen LogP contribution is 2.22. The molecule has 35 heavy (non-hydrogen) atoms. The Morgan fingerprint density at radius 1 is 1.11 bits per heavy atom. The van der Waals surface area contributed by atoms with Crippen LogP contribution in [0.4, 0.5) is 5.82 Å². The van der Waals surface area contributed by atoms with E-state index in [1.165, 1.54) is 25.8 Å². The van der Waals surface area contributed by atoms with Crippen molar-refractivity contribution in [2.24, 2.45) is 0 Å². The molecule has 5 rings (SSSR count). The standard InChI is InChI=1S/C27H36N6O2/c1-32-15-3-2-5-22(32)13-14-28-19-25(34)21-9-7-20(8-10-21)24-18-30-27-12-11-26(31-33(24)27)29-17-23-6-4-16-35-23/h7-12,18,22-23,28H,2-6,13-17,19H2,1H3,(H,29,31). The van der Waals surface area contributed by atoms with Crippen molar-refractivity contribution < 1.29 is 9.53 Å². The average molecular weight is 477 g/mol. The maximum atomic E-state index is 12.7. The second-order valence-electron chi connectivity index (χ2n) is 9.74. The molecule has 2 aliphatic heterocycles. The summed E-state index contributed by atoms with van der Waals surface area (Å²) < 4.78 is 7.54. The van der Waals surface area contributed by atoms with Crippen molar-refractivity contribution in [1.29, 1.82) is 0 Å². The first-order valence-corrected chi connectivity index (χ1v) is 12.9. The van der Waals surface area contributed by atoms with Gasteiger partial charge in [0.25, 0.3) is 0 Å². The Balaban J connectivity index is 1.17. The molecule has 0 radical (unpaired) electrons. The lowest BCUT2D eigenvalue weighted by atomic mass is 10.00. The summed E-state index contributed by atoms with van der Waals surface area (Å²) in [5.41, 5.74) is 3.38. The fourth-order valence-corrected chi connectivity index (χ4v) is 5.10.